The Morgan fingerprint density at radius 3 is 0.988 bits per heavy atom. The summed E-state index contributed by atoms with van der Waals surface area (Å²) in [4.78, 5) is 0. The number of unbranched alkanes of at least 4 members (excludes halogenated alkanes) is 20. The Kier molecular flexibility index (Phi) is 23.1. The maximum Gasteiger partial charge on any atom is -0.00928 e. The topological polar surface area (TPSA) is 0 Å². The van der Waals surface area contributed by atoms with Crippen molar-refractivity contribution in [1.82, 2.24) is 0 Å². The molecule has 0 unspecified atom stereocenters. The summed E-state index contributed by atoms with van der Waals surface area (Å²) in [5.74, 6) is 0. The van der Waals surface area contributed by atoms with Gasteiger partial charge in [0.25, 0.3) is 0 Å². The van der Waals surface area contributed by atoms with E-state index in [0.717, 1.165) is 25.7 Å². The molecule has 0 aliphatic carbocycles. The molecule has 0 aromatic heterocycles. The van der Waals surface area contributed by atoms with E-state index in [4.69, 9.17) is 0 Å². The van der Waals surface area contributed by atoms with Crippen LogP contribution in [0.15, 0.2) is 158 Å². The van der Waals surface area contributed by atoms with Gasteiger partial charge < -0.3 is 0 Å². The molecule has 0 fully saturated rings. The minimum Gasteiger partial charge on any atom is -0.0654 e. The number of aryl methyl sites for hydroxylation is 6. The lowest BCUT2D eigenvalue weighted by Crippen LogP contribution is -2.01. The number of hydrogen-bond donors (Lipinski definition) is 0. The second-order valence-electron chi connectivity index (χ2n) is 24.8. The van der Waals surface area contributed by atoms with Crippen LogP contribution in [0.2, 0.25) is 0 Å². The molecule has 82 heavy (non-hydrogen) atoms. The maximum atomic E-state index is 2.70. The van der Waals surface area contributed by atoms with Crippen LogP contribution in [0.25, 0.3) is 88.0 Å². The van der Waals surface area contributed by atoms with Gasteiger partial charge in [0, 0.05) is 0 Å². The zero-order valence-electron chi connectivity index (χ0n) is 51.8. The highest BCUT2D eigenvalue weighted by molar-refractivity contribution is 6.25. The molecule has 9 aromatic rings. The van der Waals surface area contributed by atoms with E-state index in [0.29, 0.717) is 0 Å². The monoisotopic (exact) mass is 1080 g/mol. The van der Waals surface area contributed by atoms with Gasteiger partial charge in [-0.25, -0.2) is 0 Å². The summed E-state index contributed by atoms with van der Waals surface area (Å²) < 4.78 is 0. The van der Waals surface area contributed by atoms with E-state index in [-0.39, 0.29) is 0 Å². The fourth-order valence-electron chi connectivity index (χ4n) is 13.4. The molecule has 0 bridgehead atoms. The van der Waals surface area contributed by atoms with E-state index in [2.05, 4.69) is 199 Å². The van der Waals surface area contributed by atoms with Crippen LogP contribution < -0.4 is 0 Å². The molecule has 9 aromatic carbocycles. The van der Waals surface area contributed by atoms with Crippen LogP contribution >= 0.6 is 0 Å². The summed E-state index contributed by atoms with van der Waals surface area (Å²) >= 11 is 0. The molecular weight excluding hydrogens is 985 g/mol. The smallest absolute Gasteiger partial charge is 0.00928 e. The van der Waals surface area contributed by atoms with E-state index in [1.807, 2.05) is 0 Å². The third-order valence-electron chi connectivity index (χ3n) is 18.3. The maximum absolute atomic E-state index is 2.70. The molecule has 0 saturated carbocycles. The third kappa shape index (κ3) is 15.9. The van der Waals surface area contributed by atoms with E-state index >= 15 is 0 Å². The lowest BCUT2D eigenvalue weighted by molar-refractivity contribution is 0.605. The average molecular weight is 1090 g/mol. The Labute approximate surface area is 497 Å². The van der Waals surface area contributed by atoms with Gasteiger partial charge in [-0.2, -0.15) is 0 Å². The third-order valence-corrected chi connectivity index (χ3v) is 18.3. The van der Waals surface area contributed by atoms with Gasteiger partial charge in [-0.3, -0.25) is 0 Å². The van der Waals surface area contributed by atoms with Crippen LogP contribution in [0.1, 0.15) is 215 Å². The van der Waals surface area contributed by atoms with E-state index < -0.39 is 0 Å². The van der Waals surface area contributed by atoms with Gasteiger partial charge in [0.2, 0.25) is 0 Å². The van der Waals surface area contributed by atoms with Crippen molar-refractivity contribution in [3.63, 3.8) is 0 Å². The summed E-state index contributed by atoms with van der Waals surface area (Å²) in [6.07, 6.45) is 35.7. The molecule has 0 radical (unpaired) electrons. The van der Waals surface area contributed by atoms with Gasteiger partial charge in [-0.15, -0.1) is 0 Å². The van der Waals surface area contributed by atoms with Gasteiger partial charge in [0.15, 0.2) is 0 Å². The normalized spacial score (nSPS) is 11.7. The molecule has 9 rings (SSSR count). The zero-order valence-corrected chi connectivity index (χ0v) is 51.8. The minimum absolute atomic E-state index is 1.08. The van der Waals surface area contributed by atoms with Gasteiger partial charge in [-0.1, -0.05) is 295 Å². The lowest BCUT2D eigenvalue weighted by atomic mass is 9.83. The van der Waals surface area contributed by atoms with Crippen molar-refractivity contribution < 1.29 is 0 Å². The first-order valence-electron chi connectivity index (χ1n) is 33.3. The highest BCUT2D eigenvalue weighted by atomic mass is 14.2. The highest BCUT2D eigenvalue weighted by Crippen LogP contribution is 2.43. The van der Waals surface area contributed by atoms with Crippen LogP contribution in [0.4, 0.5) is 0 Å². The first-order chi connectivity index (χ1) is 40.4. The molecular formula is C82H100. The number of rotatable bonds is 33. The molecule has 0 aliphatic rings. The van der Waals surface area contributed by atoms with Crippen molar-refractivity contribution >= 4 is 32.3 Å². The number of hydrogen-bond acceptors (Lipinski definition) is 0. The lowest BCUT2D eigenvalue weighted by Gasteiger charge is -2.21. The standard InChI is InChI=1S/C82H100/c1-7-11-15-19-23-27-35-66-57-80(68(53-62(66)6)36-28-24-20-16-12-8-2)72-54-71(67-51-52-78-76-41-32-31-39-74(76)75-40-33-34-42-77(75)82(78)58-67)55-73(56-72)81-60-69(37-29-25-21-17-13-9-3)79(59-70(81)38-30-26-22-18-14-10-4)65-49-47-64(48-50-65)63-45-43-61(5)44-46-63/h31-34,39-60H,7-30,35-38H2,1-6H3. The molecule has 0 N–H and O–H groups in total. The molecule has 0 aliphatic heterocycles. The Hall–Kier alpha value is -6.24. The fourth-order valence-corrected chi connectivity index (χ4v) is 13.4. The molecule has 0 amide bonds. The second-order valence-corrected chi connectivity index (χ2v) is 24.8. The quantitative estimate of drug-likeness (QED) is 0.0284. The summed E-state index contributed by atoms with van der Waals surface area (Å²) in [7, 11) is 0. The Morgan fingerprint density at radius 2 is 0.537 bits per heavy atom. The molecule has 0 saturated heterocycles. The minimum atomic E-state index is 1.08. The molecule has 0 heterocycles. The number of benzene rings is 9. The van der Waals surface area contributed by atoms with Crippen LogP contribution in [-0.4, -0.2) is 0 Å². The largest absolute Gasteiger partial charge is 0.0654 e. The highest BCUT2D eigenvalue weighted by Gasteiger charge is 2.19. The number of fused-ring (bicyclic) bond motifs is 6. The summed E-state index contributed by atoms with van der Waals surface area (Å²) in [5.41, 5.74) is 22.4. The SMILES string of the molecule is CCCCCCCCc1cc(-c2cc(-c3ccc4c5ccccc5c5ccccc5c4c3)cc(-c3cc(CCCCCCCC)c(-c4ccc(-c5ccc(C)cc5)cc4)cc3CCCCCCCC)c2)c(CCCCCCCC)cc1C. The Morgan fingerprint density at radius 1 is 0.220 bits per heavy atom. The molecule has 428 valence electrons. The summed E-state index contributed by atoms with van der Waals surface area (Å²) in [6, 6.07) is 62.6. The predicted octanol–water partition coefficient (Wildman–Crippen LogP) is 25.7. The summed E-state index contributed by atoms with van der Waals surface area (Å²) in [6.45, 7) is 13.9. The first-order valence-corrected chi connectivity index (χ1v) is 33.3. The molecule has 0 spiro atoms. The summed E-state index contributed by atoms with van der Waals surface area (Å²) in [5, 5.41) is 7.99. The predicted molar refractivity (Wildman–Crippen MR) is 364 cm³/mol. The van der Waals surface area contributed by atoms with E-state index in [1.165, 1.54) is 275 Å². The van der Waals surface area contributed by atoms with Gasteiger partial charge in [0.05, 0.1) is 0 Å². The van der Waals surface area contributed by atoms with Crippen molar-refractivity contribution in [1.29, 1.82) is 0 Å². The first kappa shape index (κ1) is 60.4. The zero-order chi connectivity index (χ0) is 56.9. The van der Waals surface area contributed by atoms with Crippen molar-refractivity contribution in [2.24, 2.45) is 0 Å². The second kappa shape index (κ2) is 31.4. The van der Waals surface area contributed by atoms with Crippen molar-refractivity contribution in [3.8, 4) is 55.6 Å². The van der Waals surface area contributed by atoms with E-state index in [9.17, 15) is 0 Å². The fraction of sp³-hybridized carbons (Fsp3) is 0.415. The molecule has 0 atom stereocenters. The van der Waals surface area contributed by atoms with Gasteiger partial charge in [0.1, 0.15) is 0 Å². The van der Waals surface area contributed by atoms with Crippen LogP contribution in [0.5, 0.6) is 0 Å². The molecule has 0 nitrogen and oxygen atoms in total. The van der Waals surface area contributed by atoms with Gasteiger partial charge >= 0.3 is 0 Å². The van der Waals surface area contributed by atoms with Crippen molar-refractivity contribution in [2.45, 2.75) is 221 Å². The van der Waals surface area contributed by atoms with Gasteiger partial charge in [-0.05, 0) is 205 Å². The van der Waals surface area contributed by atoms with Crippen molar-refractivity contribution in [3.05, 3.63) is 191 Å². The molecule has 0 heteroatoms. The van der Waals surface area contributed by atoms with Crippen LogP contribution in [-0.2, 0) is 25.7 Å². The Balaban J connectivity index is 1.24. The Bertz CT molecular complexity index is 3380. The average Bonchev–Trinajstić information content (AvgIpc) is 3.52. The van der Waals surface area contributed by atoms with E-state index in [1.54, 1.807) is 0 Å². The van der Waals surface area contributed by atoms with Crippen LogP contribution in [0.3, 0.4) is 0 Å². The van der Waals surface area contributed by atoms with Crippen molar-refractivity contribution in [2.75, 3.05) is 0 Å². The van der Waals surface area contributed by atoms with Crippen LogP contribution in [0, 0.1) is 13.8 Å².